The maximum atomic E-state index is 12.0. The maximum Gasteiger partial charge on any atom is 0.224 e. The van der Waals surface area contributed by atoms with Gasteiger partial charge in [0.15, 0.2) is 0 Å². The van der Waals surface area contributed by atoms with Crippen molar-refractivity contribution in [3.63, 3.8) is 0 Å². The fourth-order valence-corrected chi connectivity index (χ4v) is 3.16. The van der Waals surface area contributed by atoms with Gasteiger partial charge in [-0.05, 0) is 44.5 Å². The van der Waals surface area contributed by atoms with Gasteiger partial charge in [0.2, 0.25) is 5.91 Å². The SMILES string of the molecule is CCCCCCCCCCCC(=O)Nc1ccc(N(CC)CC)cc1.Cl. The van der Waals surface area contributed by atoms with Gasteiger partial charge in [0.05, 0.1) is 0 Å². The molecule has 4 heteroatoms. The Morgan fingerprint density at radius 3 is 1.81 bits per heavy atom. The lowest BCUT2D eigenvalue weighted by atomic mass is 10.1. The van der Waals surface area contributed by atoms with Crippen LogP contribution in [0.4, 0.5) is 11.4 Å². The predicted molar refractivity (Wildman–Crippen MR) is 118 cm³/mol. The van der Waals surface area contributed by atoms with Crippen LogP contribution < -0.4 is 10.2 Å². The zero-order valence-electron chi connectivity index (χ0n) is 17.1. The molecule has 0 aromatic heterocycles. The first-order valence-electron chi connectivity index (χ1n) is 10.4. The minimum absolute atomic E-state index is 0. The normalized spacial score (nSPS) is 10.3. The molecule has 0 bridgehead atoms. The van der Waals surface area contributed by atoms with Crippen molar-refractivity contribution in [2.45, 2.75) is 85.0 Å². The third kappa shape index (κ3) is 10.7. The Labute approximate surface area is 167 Å². The van der Waals surface area contributed by atoms with E-state index in [1.54, 1.807) is 0 Å². The Hall–Kier alpha value is -1.22. The Balaban J connectivity index is 0.00000625. The maximum absolute atomic E-state index is 12.0. The molecule has 0 spiro atoms. The molecule has 0 atom stereocenters. The Bertz CT molecular complexity index is 458. The summed E-state index contributed by atoms with van der Waals surface area (Å²) >= 11 is 0. The molecule has 0 unspecified atom stereocenters. The number of benzene rings is 1. The van der Waals surface area contributed by atoms with E-state index in [1.807, 2.05) is 12.1 Å². The van der Waals surface area contributed by atoms with Crippen molar-refractivity contribution in [1.82, 2.24) is 0 Å². The number of nitrogens with one attached hydrogen (secondary N) is 1. The summed E-state index contributed by atoms with van der Waals surface area (Å²) in [5.41, 5.74) is 2.11. The van der Waals surface area contributed by atoms with Crippen LogP contribution in [0.25, 0.3) is 0 Å². The van der Waals surface area contributed by atoms with Crippen LogP contribution in [0.1, 0.15) is 85.0 Å². The highest BCUT2D eigenvalue weighted by Gasteiger charge is 2.04. The number of nitrogens with zero attached hydrogens (tertiary/aromatic N) is 1. The molecule has 1 N–H and O–H groups in total. The van der Waals surface area contributed by atoms with Gasteiger partial charge < -0.3 is 10.2 Å². The lowest BCUT2D eigenvalue weighted by molar-refractivity contribution is -0.116. The van der Waals surface area contributed by atoms with Gasteiger partial charge in [-0.15, -0.1) is 12.4 Å². The van der Waals surface area contributed by atoms with Gasteiger partial charge >= 0.3 is 0 Å². The lowest BCUT2D eigenvalue weighted by Gasteiger charge is -2.21. The second-order valence-electron chi connectivity index (χ2n) is 6.85. The summed E-state index contributed by atoms with van der Waals surface area (Å²) in [6, 6.07) is 8.17. The van der Waals surface area contributed by atoms with Crippen LogP contribution in [0.2, 0.25) is 0 Å². The van der Waals surface area contributed by atoms with E-state index >= 15 is 0 Å². The summed E-state index contributed by atoms with van der Waals surface area (Å²) < 4.78 is 0. The molecular weight excluding hydrogens is 344 g/mol. The van der Waals surface area contributed by atoms with Gasteiger partial charge in [0.1, 0.15) is 0 Å². The number of hydrogen-bond acceptors (Lipinski definition) is 2. The van der Waals surface area contributed by atoms with E-state index in [0.29, 0.717) is 6.42 Å². The van der Waals surface area contributed by atoms with Crippen LogP contribution in [0.15, 0.2) is 24.3 Å². The zero-order valence-corrected chi connectivity index (χ0v) is 17.9. The molecule has 0 fully saturated rings. The van der Waals surface area contributed by atoms with E-state index in [9.17, 15) is 4.79 Å². The predicted octanol–water partition coefficient (Wildman–Crippen LogP) is 6.81. The number of rotatable bonds is 14. The number of anilines is 2. The summed E-state index contributed by atoms with van der Waals surface area (Å²) in [5.74, 6) is 0.138. The Morgan fingerprint density at radius 1 is 0.808 bits per heavy atom. The van der Waals surface area contributed by atoms with Crippen molar-refractivity contribution < 1.29 is 4.79 Å². The zero-order chi connectivity index (χ0) is 18.3. The fraction of sp³-hybridized carbons (Fsp3) is 0.682. The summed E-state index contributed by atoms with van der Waals surface area (Å²) in [4.78, 5) is 14.3. The molecule has 3 nitrogen and oxygen atoms in total. The highest BCUT2D eigenvalue weighted by molar-refractivity contribution is 5.90. The summed E-state index contributed by atoms with van der Waals surface area (Å²) in [6.45, 7) is 8.57. The van der Waals surface area contributed by atoms with E-state index in [4.69, 9.17) is 0 Å². The molecule has 1 amide bonds. The van der Waals surface area contributed by atoms with E-state index in [2.05, 4.69) is 43.1 Å². The van der Waals surface area contributed by atoms with Gasteiger partial charge in [-0.2, -0.15) is 0 Å². The van der Waals surface area contributed by atoms with Gasteiger partial charge in [0, 0.05) is 30.9 Å². The van der Waals surface area contributed by atoms with Crippen LogP contribution in [-0.2, 0) is 4.79 Å². The van der Waals surface area contributed by atoms with Crippen molar-refractivity contribution in [2.24, 2.45) is 0 Å². The summed E-state index contributed by atoms with van der Waals surface area (Å²) in [7, 11) is 0. The molecule has 1 rings (SSSR count). The molecule has 0 heterocycles. The van der Waals surface area contributed by atoms with Crippen molar-refractivity contribution in [3.05, 3.63) is 24.3 Å². The van der Waals surface area contributed by atoms with Crippen LogP contribution in [0.5, 0.6) is 0 Å². The lowest BCUT2D eigenvalue weighted by Crippen LogP contribution is -2.21. The summed E-state index contributed by atoms with van der Waals surface area (Å²) in [6.07, 6.45) is 12.2. The molecule has 1 aromatic carbocycles. The molecule has 0 aliphatic rings. The van der Waals surface area contributed by atoms with E-state index in [1.165, 1.54) is 57.1 Å². The van der Waals surface area contributed by atoms with E-state index in [-0.39, 0.29) is 18.3 Å². The van der Waals surface area contributed by atoms with Gasteiger partial charge in [-0.1, -0.05) is 58.3 Å². The van der Waals surface area contributed by atoms with Crippen LogP contribution in [0.3, 0.4) is 0 Å². The fourth-order valence-electron chi connectivity index (χ4n) is 3.16. The molecule has 150 valence electrons. The first-order chi connectivity index (χ1) is 12.2. The molecule has 1 aromatic rings. The largest absolute Gasteiger partial charge is 0.372 e. The van der Waals surface area contributed by atoms with Crippen LogP contribution in [0, 0.1) is 0 Å². The highest BCUT2D eigenvalue weighted by Crippen LogP contribution is 2.18. The standard InChI is InChI=1S/C22H38N2O.ClH/c1-4-7-8-9-10-11-12-13-14-15-22(25)23-20-16-18-21(19-17-20)24(5-2)6-3;/h16-19H,4-15H2,1-3H3,(H,23,25);1H. The number of halogens is 1. The van der Waals surface area contributed by atoms with Gasteiger partial charge in [0.25, 0.3) is 0 Å². The van der Waals surface area contributed by atoms with Crippen LogP contribution >= 0.6 is 12.4 Å². The minimum atomic E-state index is 0. The average Bonchev–Trinajstić information content (AvgIpc) is 2.63. The second kappa shape index (κ2) is 16.0. The average molecular weight is 383 g/mol. The molecular formula is C22H39ClN2O. The Morgan fingerprint density at radius 2 is 1.31 bits per heavy atom. The number of hydrogen-bond donors (Lipinski definition) is 1. The van der Waals surface area contributed by atoms with E-state index < -0.39 is 0 Å². The van der Waals surface area contributed by atoms with Crippen molar-refractivity contribution in [2.75, 3.05) is 23.3 Å². The smallest absolute Gasteiger partial charge is 0.224 e. The first kappa shape index (κ1) is 24.8. The monoisotopic (exact) mass is 382 g/mol. The number of carbonyl (C=O) groups is 1. The molecule has 0 radical (unpaired) electrons. The number of unbranched alkanes of at least 4 members (excludes halogenated alkanes) is 8. The molecule has 0 saturated carbocycles. The van der Waals surface area contributed by atoms with Crippen molar-refractivity contribution in [1.29, 1.82) is 0 Å². The Kier molecular flexibility index (Phi) is 15.2. The quantitative estimate of drug-likeness (QED) is 0.358. The number of carbonyl (C=O) groups excluding carboxylic acids is 1. The van der Waals surface area contributed by atoms with Crippen LogP contribution in [-0.4, -0.2) is 19.0 Å². The van der Waals surface area contributed by atoms with Crippen molar-refractivity contribution in [3.8, 4) is 0 Å². The highest BCUT2D eigenvalue weighted by atomic mass is 35.5. The minimum Gasteiger partial charge on any atom is -0.372 e. The topological polar surface area (TPSA) is 32.3 Å². The van der Waals surface area contributed by atoms with Gasteiger partial charge in [-0.3, -0.25) is 4.79 Å². The molecule has 0 aliphatic heterocycles. The molecule has 0 aliphatic carbocycles. The van der Waals surface area contributed by atoms with Crippen molar-refractivity contribution >= 4 is 29.7 Å². The number of amides is 1. The summed E-state index contributed by atoms with van der Waals surface area (Å²) in [5, 5.41) is 3.01. The third-order valence-electron chi connectivity index (χ3n) is 4.79. The third-order valence-corrected chi connectivity index (χ3v) is 4.79. The first-order valence-corrected chi connectivity index (χ1v) is 10.4. The molecule has 0 saturated heterocycles. The molecule has 26 heavy (non-hydrogen) atoms. The second-order valence-corrected chi connectivity index (χ2v) is 6.85. The van der Waals surface area contributed by atoms with E-state index in [0.717, 1.165) is 25.2 Å². The van der Waals surface area contributed by atoms with Gasteiger partial charge in [-0.25, -0.2) is 0 Å².